The van der Waals surface area contributed by atoms with E-state index < -0.39 is 4.92 Å². The van der Waals surface area contributed by atoms with Gasteiger partial charge in [0.25, 0.3) is 0 Å². The molecule has 2 unspecified atom stereocenters. The predicted molar refractivity (Wildman–Crippen MR) is 79.6 cm³/mol. The van der Waals surface area contributed by atoms with E-state index >= 15 is 0 Å². The molecule has 8 nitrogen and oxygen atoms in total. The molecule has 2 N–H and O–H groups in total. The van der Waals surface area contributed by atoms with Gasteiger partial charge in [-0.15, -0.1) is 0 Å². The molecule has 2 atom stereocenters. The van der Waals surface area contributed by atoms with Crippen LogP contribution in [-0.4, -0.2) is 40.2 Å². The molecule has 2 rings (SSSR count). The summed E-state index contributed by atoms with van der Waals surface area (Å²) < 4.78 is 5.60. The highest BCUT2D eigenvalue weighted by Gasteiger charge is 2.27. The molecule has 1 aliphatic heterocycles. The summed E-state index contributed by atoms with van der Waals surface area (Å²) in [6.45, 7) is 6.87. The van der Waals surface area contributed by atoms with Crippen molar-refractivity contribution in [2.24, 2.45) is 0 Å². The topological polar surface area (TPSA) is 102 Å². The second-order valence-corrected chi connectivity index (χ2v) is 5.10. The quantitative estimate of drug-likeness (QED) is 0.612. The molecule has 1 aromatic rings. The van der Waals surface area contributed by atoms with E-state index in [4.69, 9.17) is 4.74 Å². The molecule has 0 bridgehead atoms. The second kappa shape index (κ2) is 6.66. The maximum atomic E-state index is 11.2. The molecule has 0 spiro atoms. The van der Waals surface area contributed by atoms with Crippen molar-refractivity contribution in [1.29, 1.82) is 0 Å². The van der Waals surface area contributed by atoms with Crippen LogP contribution in [0, 0.1) is 17.0 Å². The molecule has 1 saturated heterocycles. The fourth-order valence-electron chi connectivity index (χ4n) is 2.43. The molecule has 0 amide bonds. The highest BCUT2D eigenvalue weighted by Crippen LogP contribution is 2.28. The summed E-state index contributed by atoms with van der Waals surface area (Å²) in [5.74, 6) is 0.633. The number of nitrogens with zero attached hydrogens (tertiary/aromatic N) is 3. The Morgan fingerprint density at radius 1 is 1.52 bits per heavy atom. The molecular formula is C13H21N5O3. The molecule has 0 aromatic carbocycles. The highest BCUT2D eigenvalue weighted by atomic mass is 16.6. The lowest BCUT2D eigenvalue weighted by Gasteiger charge is -2.21. The van der Waals surface area contributed by atoms with Gasteiger partial charge in [-0.05, 0) is 33.6 Å². The van der Waals surface area contributed by atoms with Crippen LogP contribution in [0.1, 0.15) is 32.4 Å². The Kier molecular flexibility index (Phi) is 4.89. The lowest BCUT2D eigenvalue weighted by molar-refractivity contribution is -0.385. The van der Waals surface area contributed by atoms with Gasteiger partial charge in [-0.25, -0.2) is 4.98 Å². The second-order valence-electron chi connectivity index (χ2n) is 5.10. The zero-order chi connectivity index (χ0) is 15.4. The van der Waals surface area contributed by atoms with E-state index in [1.54, 1.807) is 6.92 Å². The van der Waals surface area contributed by atoms with Crippen molar-refractivity contribution in [2.45, 2.75) is 45.8 Å². The van der Waals surface area contributed by atoms with Crippen LogP contribution in [0.25, 0.3) is 0 Å². The normalized spacial score (nSPS) is 19.3. The zero-order valence-electron chi connectivity index (χ0n) is 12.5. The van der Waals surface area contributed by atoms with E-state index in [2.05, 4.69) is 20.6 Å². The van der Waals surface area contributed by atoms with Crippen molar-refractivity contribution in [1.82, 2.24) is 9.97 Å². The van der Waals surface area contributed by atoms with Crippen molar-refractivity contribution >= 4 is 17.5 Å². The number of ether oxygens (including phenoxy) is 1. The van der Waals surface area contributed by atoms with Gasteiger partial charge in [-0.3, -0.25) is 10.1 Å². The van der Waals surface area contributed by atoms with E-state index in [9.17, 15) is 10.1 Å². The Bertz CT molecular complexity index is 517. The molecule has 1 fully saturated rings. The minimum Gasteiger partial charge on any atom is -0.376 e. The molecule has 116 valence electrons. The summed E-state index contributed by atoms with van der Waals surface area (Å²) in [5, 5.41) is 17.3. The minimum atomic E-state index is -0.449. The number of nitrogens with one attached hydrogen (secondary N) is 2. The van der Waals surface area contributed by atoms with Gasteiger partial charge in [-0.1, -0.05) is 0 Å². The summed E-state index contributed by atoms with van der Waals surface area (Å²) in [4.78, 5) is 19.1. The van der Waals surface area contributed by atoms with Gasteiger partial charge in [0.2, 0.25) is 11.8 Å². The van der Waals surface area contributed by atoms with Crippen LogP contribution in [0.3, 0.4) is 0 Å². The summed E-state index contributed by atoms with van der Waals surface area (Å²) in [7, 11) is 0. The van der Waals surface area contributed by atoms with Crippen molar-refractivity contribution in [2.75, 3.05) is 23.8 Å². The SMILES string of the molecule is CCNc1nc(C)c([N+](=O)[O-])c(NC(C)C2CCCO2)n1. The van der Waals surface area contributed by atoms with Crippen LogP contribution in [0.4, 0.5) is 17.5 Å². The summed E-state index contributed by atoms with van der Waals surface area (Å²) in [5.41, 5.74) is 0.259. The lowest BCUT2D eigenvalue weighted by Crippen LogP contribution is -2.31. The predicted octanol–water partition coefficient (Wildman–Crippen LogP) is 2.10. The van der Waals surface area contributed by atoms with E-state index in [1.165, 1.54) is 0 Å². The van der Waals surface area contributed by atoms with E-state index in [1.807, 2.05) is 13.8 Å². The maximum Gasteiger partial charge on any atom is 0.332 e. The first-order chi connectivity index (χ1) is 10.0. The molecule has 1 aliphatic rings. The van der Waals surface area contributed by atoms with Gasteiger partial charge in [0.15, 0.2) is 0 Å². The van der Waals surface area contributed by atoms with Crippen molar-refractivity contribution < 1.29 is 9.66 Å². The largest absolute Gasteiger partial charge is 0.376 e. The van der Waals surface area contributed by atoms with Gasteiger partial charge in [0, 0.05) is 13.2 Å². The van der Waals surface area contributed by atoms with Crippen LogP contribution < -0.4 is 10.6 Å². The third-order valence-corrected chi connectivity index (χ3v) is 3.46. The van der Waals surface area contributed by atoms with Gasteiger partial charge >= 0.3 is 5.69 Å². The number of aryl methyl sites for hydroxylation is 1. The van der Waals surface area contributed by atoms with Gasteiger partial charge in [0.05, 0.1) is 17.1 Å². The van der Waals surface area contributed by atoms with E-state index in [0.29, 0.717) is 18.2 Å². The average Bonchev–Trinajstić information content (AvgIpc) is 2.91. The number of anilines is 2. The first-order valence-corrected chi connectivity index (χ1v) is 7.18. The molecule has 0 saturated carbocycles. The fraction of sp³-hybridized carbons (Fsp3) is 0.692. The van der Waals surface area contributed by atoms with E-state index in [-0.39, 0.29) is 23.7 Å². The van der Waals surface area contributed by atoms with Crippen molar-refractivity contribution in [3.8, 4) is 0 Å². The standard InChI is InChI=1S/C13H21N5O3/c1-4-14-13-16-9(3)11(18(19)20)12(17-13)15-8(2)10-6-5-7-21-10/h8,10H,4-7H2,1-3H3,(H2,14,15,16,17). The first-order valence-electron chi connectivity index (χ1n) is 7.18. The van der Waals surface area contributed by atoms with Crippen LogP contribution in [-0.2, 0) is 4.74 Å². The van der Waals surface area contributed by atoms with Crippen LogP contribution >= 0.6 is 0 Å². The third-order valence-electron chi connectivity index (χ3n) is 3.46. The Labute approximate surface area is 123 Å². The van der Waals surface area contributed by atoms with Gasteiger partial charge in [-0.2, -0.15) is 4.98 Å². The number of nitro groups is 1. The average molecular weight is 295 g/mol. The maximum absolute atomic E-state index is 11.2. The number of hydrogen-bond acceptors (Lipinski definition) is 7. The monoisotopic (exact) mass is 295 g/mol. The van der Waals surface area contributed by atoms with E-state index in [0.717, 1.165) is 19.4 Å². The Hall–Kier alpha value is -1.96. The fourth-order valence-corrected chi connectivity index (χ4v) is 2.43. The Morgan fingerprint density at radius 2 is 2.29 bits per heavy atom. The summed E-state index contributed by atoms with van der Waals surface area (Å²) >= 11 is 0. The molecule has 8 heteroatoms. The van der Waals surface area contributed by atoms with Crippen molar-refractivity contribution in [3.05, 3.63) is 15.8 Å². The van der Waals surface area contributed by atoms with Crippen molar-refractivity contribution in [3.63, 3.8) is 0 Å². The molecule has 0 radical (unpaired) electrons. The minimum absolute atomic E-state index is 0.0463. The van der Waals surface area contributed by atoms with Gasteiger partial charge < -0.3 is 15.4 Å². The smallest absolute Gasteiger partial charge is 0.332 e. The zero-order valence-corrected chi connectivity index (χ0v) is 12.5. The lowest BCUT2D eigenvalue weighted by atomic mass is 10.1. The van der Waals surface area contributed by atoms with Crippen LogP contribution in [0.2, 0.25) is 0 Å². The van der Waals surface area contributed by atoms with Crippen LogP contribution in [0.5, 0.6) is 0 Å². The number of hydrogen-bond donors (Lipinski definition) is 2. The highest BCUT2D eigenvalue weighted by molar-refractivity contribution is 5.61. The molecular weight excluding hydrogens is 274 g/mol. The molecule has 1 aromatic heterocycles. The third kappa shape index (κ3) is 3.57. The molecule has 21 heavy (non-hydrogen) atoms. The Morgan fingerprint density at radius 3 is 2.86 bits per heavy atom. The molecule has 0 aliphatic carbocycles. The molecule has 2 heterocycles. The summed E-state index contributed by atoms with van der Waals surface area (Å²) in [6, 6.07) is -0.0463. The van der Waals surface area contributed by atoms with Crippen LogP contribution in [0.15, 0.2) is 0 Å². The first kappa shape index (κ1) is 15.4. The summed E-state index contributed by atoms with van der Waals surface area (Å²) in [6.07, 6.45) is 2.03. The Balaban J connectivity index is 2.27. The van der Waals surface area contributed by atoms with Gasteiger partial charge in [0.1, 0.15) is 5.69 Å². The number of rotatable bonds is 6. The number of aromatic nitrogens is 2.